The Bertz CT molecular complexity index is 964. The van der Waals surface area contributed by atoms with Crippen LogP contribution in [0.15, 0.2) is 72.8 Å². The van der Waals surface area contributed by atoms with Crippen molar-refractivity contribution >= 4 is 23.2 Å². The minimum absolute atomic E-state index is 0.139. The van der Waals surface area contributed by atoms with Gasteiger partial charge in [-0.05, 0) is 66.8 Å². The zero-order valence-electron chi connectivity index (χ0n) is 16.2. The topological polar surface area (TPSA) is 58.2 Å². The van der Waals surface area contributed by atoms with Crippen LogP contribution in [0, 0.1) is 6.92 Å². The predicted octanol–water partition coefficient (Wildman–Crippen LogP) is 4.99. The number of carbonyl (C=O) groups excluding carboxylic acids is 2. The quantitative estimate of drug-likeness (QED) is 0.640. The van der Waals surface area contributed by atoms with E-state index < -0.39 is 0 Å². The molecule has 3 rings (SSSR count). The van der Waals surface area contributed by atoms with Gasteiger partial charge in [0.05, 0.1) is 0 Å². The number of rotatable bonds is 6. The van der Waals surface area contributed by atoms with Crippen molar-refractivity contribution in [3.63, 3.8) is 0 Å². The summed E-state index contributed by atoms with van der Waals surface area (Å²) >= 11 is 0. The zero-order chi connectivity index (χ0) is 19.9. The number of nitrogens with one attached hydrogen (secondary N) is 2. The highest BCUT2D eigenvalue weighted by molar-refractivity contribution is 6.05. The summed E-state index contributed by atoms with van der Waals surface area (Å²) < 4.78 is 0. The van der Waals surface area contributed by atoms with E-state index >= 15 is 0 Å². The van der Waals surface area contributed by atoms with Crippen LogP contribution in [0.4, 0.5) is 11.4 Å². The Morgan fingerprint density at radius 2 is 1.46 bits per heavy atom. The van der Waals surface area contributed by atoms with E-state index in [4.69, 9.17) is 0 Å². The van der Waals surface area contributed by atoms with Crippen molar-refractivity contribution in [2.75, 3.05) is 10.6 Å². The van der Waals surface area contributed by atoms with Gasteiger partial charge in [0.15, 0.2) is 0 Å². The molecule has 0 aromatic heterocycles. The van der Waals surface area contributed by atoms with Crippen molar-refractivity contribution in [3.05, 3.63) is 95.1 Å². The lowest BCUT2D eigenvalue weighted by Gasteiger charge is -2.11. The van der Waals surface area contributed by atoms with Crippen LogP contribution in [0.5, 0.6) is 0 Å². The number of hydrogen-bond donors (Lipinski definition) is 2. The van der Waals surface area contributed by atoms with Gasteiger partial charge in [-0.1, -0.05) is 42.5 Å². The molecule has 0 bridgehead atoms. The fraction of sp³-hybridized carbons (Fsp3) is 0.167. The summed E-state index contributed by atoms with van der Waals surface area (Å²) in [7, 11) is 0. The van der Waals surface area contributed by atoms with E-state index in [1.807, 2.05) is 37.3 Å². The molecule has 0 heterocycles. The van der Waals surface area contributed by atoms with Crippen LogP contribution < -0.4 is 10.6 Å². The van der Waals surface area contributed by atoms with Crippen molar-refractivity contribution < 1.29 is 9.59 Å². The molecule has 0 unspecified atom stereocenters. The van der Waals surface area contributed by atoms with E-state index in [-0.39, 0.29) is 11.8 Å². The van der Waals surface area contributed by atoms with Gasteiger partial charge in [-0.15, -0.1) is 0 Å². The van der Waals surface area contributed by atoms with Crippen LogP contribution >= 0.6 is 0 Å². The fourth-order valence-corrected chi connectivity index (χ4v) is 3.00. The van der Waals surface area contributed by atoms with Gasteiger partial charge in [-0.3, -0.25) is 9.59 Å². The van der Waals surface area contributed by atoms with Crippen LogP contribution in [0.1, 0.15) is 34.0 Å². The molecule has 4 nitrogen and oxygen atoms in total. The van der Waals surface area contributed by atoms with Crippen molar-refractivity contribution in [2.45, 2.75) is 26.7 Å². The Kier molecular flexibility index (Phi) is 6.22. The van der Waals surface area contributed by atoms with Gasteiger partial charge in [0.1, 0.15) is 0 Å². The van der Waals surface area contributed by atoms with Crippen molar-refractivity contribution in [3.8, 4) is 0 Å². The van der Waals surface area contributed by atoms with E-state index in [9.17, 15) is 9.59 Å². The molecule has 28 heavy (non-hydrogen) atoms. The zero-order valence-corrected chi connectivity index (χ0v) is 16.2. The van der Waals surface area contributed by atoms with E-state index in [2.05, 4.69) is 28.8 Å². The number of hydrogen-bond acceptors (Lipinski definition) is 2. The lowest BCUT2D eigenvalue weighted by molar-refractivity contribution is -0.114. The number of amides is 2. The fourth-order valence-electron chi connectivity index (χ4n) is 3.00. The highest BCUT2D eigenvalue weighted by Gasteiger charge is 2.09. The third kappa shape index (κ3) is 5.30. The largest absolute Gasteiger partial charge is 0.326 e. The lowest BCUT2D eigenvalue weighted by atomic mass is 10.0. The number of carbonyl (C=O) groups is 2. The van der Waals surface area contributed by atoms with Crippen molar-refractivity contribution in [1.82, 2.24) is 0 Å². The number of anilines is 2. The maximum Gasteiger partial charge on any atom is 0.255 e. The van der Waals surface area contributed by atoms with E-state index in [1.54, 1.807) is 24.3 Å². The molecule has 142 valence electrons. The first-order valence-electron chi connectivity index (χ1n) is 9.34. The molecule has 0 radical (unpaired) electrons. The van der Waals surface area contributed by atoms with E-state index in [0.717, 1.165) is 24.1 Å². The smallest absolute Gasteiger partial charge is 0.255 e. The molecule has 4 heteroatoms. The SMILES string of the molecule is CC(=O)Nc1ccc(C(=O)Nc2cc(CCc3ccccc3)ccc2C)cc1. The van der Waals surface area contributed by atoms with E-state index in [1.165, 1.54) is 18.1 Å². The minimum atomic E-state index is -0.169. The normalized spacial score (nSPS) is 10.4. The van der Waals surface area contributed by atoms with Crippen LogP contribution in [0.25, 0.3) is 0 Å². The van der Waals surface area contributed by atoms with Gasteiger partial charge in [0.2, 0.25) is 5.91 Å². The second kappa shape index (κ2) is 9.00. The van der Waals surface area contributed by atoms with Crippen LogP contribution in [-0.2, 0) is 17.6 Å². The number of aryl methyl sites for hydroxylation is 3. The lowest BCUT2D eigenvalue weighted by Crippen LogP contribution is -2.13. The standard InChI is InChI=1S/C24H24N2O2/c1-17-8-9-20(11-10-19-6-4-3-5-7-19)16-23(17)26-24(28)21-12-14-22(15-13-21)25-18(2)27/h3-9,12-16H,10-11H2,1-2H3,(H,25,27)(H,26,28). The Balaban J connectivity index is 1.67. The molecule has 0 aliphatic carbocycles. The maximum absolute atomic E-state index is 12.6. The summed E-state index contributed by atoms with van der Waals surface area (Å²) in [5, 5.41) is 5.69. The predicted molar refractivity (Wildman–Crippen MR) is 114 cm³/mol. The Labute approximate surface area is 165 Å². The van der Waals surface area contributed by atoms with Crippen LogP contribution in [0.3, 0.4) is 0 Å². The Hall–Kier alpha value is -3.40. The van der Waals surface area contributed by atoms with Gasteiger partial charge in [0, 0.05) is 23.9 Å². The van der Waals surface area contributed by atoms with Gasteiger partial charge in [-0.2, -0.15) is 0 Å². The first kappa shape index (κ1) is 19.4. The Morgan fingerprint density at radius 3 is 2.14 bits per heavy atom. The van der Waals surface area contributed by atoms with Gasteiger partial charge in [-0.25, -0.2) is 0 Å². The maximum atomic E-state index is 12.6. The second-order valence-corrected chi connectivity index (χ2v) is 6.85. The Morgan fingerprint density at radius 1 is 0.786 bits per heavy atom. The molecule has 0 saturated carbocycles. The third-order valence-electron chi connectivity index (χ3n) is 4.56. The highest BCUT2D eigenvalue weighted by atomic mass is 16.2. The van der Waals surface area contributed by atoms with Crippen LogP contribution in [-0.4, -0.2) is 11.8 Å². The van der Waals surface area contributed by atoms with Gasteiger partial charge >= 0.3 is 0 Å². The number of benzene rings is 3. The summed E-state index contributed by atoms with van der Waals surface area (Å²) in [5.74, 6) is -0.308. The van der Waals surface area contributed by atoms with E-state index in [0.29, 0.717) is 11.3 Å². The summed E-state index contributed by atoms with van der Waals surface area (Å²) in [6.45, 7) is 3.44. The molecular formula is C24H24N2O2. The molecule has 0 aliphatic rings. The second-order valence-electron chi connectivity index (χ2n) is 6.85. The molecule has 0 fully saturated rings. The van der Waals surface area contributed by atoms with Gasteiger partial charge in [0.25, 0.3) is 5.91 Å². The highest BCUT2D eigenvalue weighted by Crippen LogP contribution is 2.20. The molecule has 3 aromatic carbocycles. The third-order valence-corrected chi connectivity index (χ3v) is 4.56. The summed E-state index contributed by atoms with van der Waals surface area (Å²) in [5.41, 5.74) is 5.54. The molecule has 3 aromatic rings. The summed E-state index contributed by atoms with van der Waals surface area (Å²) in [6.07, 6.45) is 1.88. The monoisotopic (exact) mass is 372 g/mol. The molecule has 2 N–H and O–H groups in total. The average molecular weight is 372 g/mol. The van der Waals surface area contributed by atoms with Crippen molar-refractivity contribution in [2.24, 2.45) is 0 Å². The molecule has 0 aliphatic heterocycles. The van der Waals surface area contributed by atoms with Gasteiger partial charge < -0.3 is 10.6 Å². The average Bonchev–Trinajstić information content (AvgIpc) is 2.69. The first-order valence-corrected chi connectivity index (χ1v) is 9.34. The minimum Gasteiger partial charge on any atom is -0.326 e. The molecule has 0 saturated heterocycles. The molecule has 0 atom stereocenters. The molecular weight excluding hydrogens is 348 g/mol. The molecule has 0 spiro atoms. The van der Waals surface area contributed by atoms with Crippen LogP contribution in [0.2, 0.25) is 0 Å². The molecule has 2 amide bonds. The first-order chi connectivity index (χ1) is 13.5. The van der Waals surface area contributed by atoms with Crippen molar-refractivity contribution in [1.29, 1.82) is 0 Å². The summed E-state index contributed by atoms with van der Waals surface area (Å²) in [6, 6.07) is 23.4. The summed E-state index contributed by atoms with van der Waals surface area (Å²) in [4.78, 5) is 23.7.